The van der Waals surface area contributed by atoms with Crippen LogP contribution in [-0.4, -0.2) is 63.0 Å². The Hall–Kier alpha value is -2.87. The summed E-state index contributed by atoms with van der Waals surface area (Å²) in [7, 11) is 0. The van der Waals surface area contributed by atoms with Gasteiger partial charge in [-0.25, -0.2) is 9.97 Å². The zero-order valence-electron chi connectivity index (χ0n) is 18.5. The number of nitrogens with zero attached hydrogens (tertiary/aromatic N) is 6. The van der Waals surface area contributed by atoms with E-state index in [2.05, 4.69) is 45.1 Å². The minimum absolute atomic E-state index is 0.121. The summed E-state index contributed by atoms with van der Waals surface area (Å²) in [4.78, 5) is 26.0. The lowest BCUT2D eigenvalue weighted by Crippen LogP contribution is -2.49. The molecule has 0 radical (unpaired) electrons. The molecule has 1 aromatic carbocycles. The summed E-state index contributed by atoms with van der Waals surface area (Å²) in [5.74, 6) is 0.121. The van der Waals surface area contributed by atoms with Gasteiger partial charge in [0.15, 0.2) is 5.16 Å². The van der Waals surface area contributed by atoms with Crippen molar-refractivity contribution in [3.8, 4) is 11.1 Å². The molecule has 3 aromatic rings. The highest BCUT2D eigenvalue weighted by atomic mass is 32.2. The number of amides is 1. The van der Waals surface area contributed by atoms with Crippen molar-refractivity contribution in [1.82, 2.24) is 24.6 Å². The van der Waals surface area contributed by atoms with Crippen LogP contribution in [0.2, 0.25) is 0 Å². The SMILES string of the molecule is CSc1ncc(-c2cc(C)ccc2N2CCN(C(=O)Cn3nc(C)cc3C)CC2)cn1. The van der Waals surface area contributed by atoms with Crippen LogP contribution in [0.5, 0.6) is 0 Å². The number of carbonyl (C=O) groups excluding carboxylic acids is 1. The van der Waals surface area contributed by atoms with Crippen LogP contribution in [0.3, 0.4) is 0 Å². The maximum atomic E-state index is 12.8. The molecule has 0 spiro atoms. The lowest BCUT2D eigenvalue weighted by molar-refractivity contribution is -0.132. The van der Waals surface area contributed by atoms with Crippen molar-refractivity contribution in [2.45, 2.75) is 32.5 Å². The molecule has 0 unspecified atom stereocenters. The number of rotatable bonds is 5. The number of anilines is 1. The minimum atomic E-state index is 0.121. The molecule has 0 atom stereocenters. The third-order valence-corrected chi connectivity index (χ3v) is 6.21. The fourth-order valence-corrected chi connectivity index (χ4v) is 4.29. The van der Waals surface area contributed by atoms with Crippen LogP contribution >= 0.6 is 11.8 Å². The monoisotopic (exact) mass is 436 g/mol. The second-order valence-corrected chi connectivity index (χ2v) is 8.71. The van der Waals surface area contributed by atoms with E-state index in [9.17, 15) is 4.79 Å². The van der Waals surface area contributed by atoms with Gasteiger partial charge < -0.3 is 9.80 Å². The lowest BCUT2D eigenvalue weighted by Gasteiger charge is -2.37. The Labute approximate surface area is 187 Å². The van der Waals surface area contributed by atoms with Crippen molar-refractivity contribution >= 4 is 23.4 Å². The fourth-order valence-electron chi connectivity index (χ4n) is 3.98. The number of carbonyl (C=O) groups is 1. The summed E-state index contributed by atoms with van der Waals surface area (Å²) in [6, 6.07) is 8.49. The molecule has 0 aliphatic carbocycles. The number of hydrogen-bond donors (Lipinski definition) is 0. The van der Waals surface area contributed by atoms with E-state index in [1.54, 1.807) is 4.68 Å². The molecule has 1 amide bonds. The van der Waals surface area contributed by atoms with E-state index in [1.807, 2.05) is 43.5 Å². The van der Waals surface area contributed by atoms with Crippen LogP contribution < -0.4 is 4.90 Å². The minimum Gasteiger partial charge on any atom is -0.367 e. The first-order valence-corrected chi connectivity index (χ1v) is 11.7. The Morgan fingerprint density at radius 1 is 1.03 bits per heavy atom. The molecule has 4 rings (SSSR count). The number of piperazine rings is 1. The number of hydrogen-bond acceptors (Lipinski definition) is 6. The van der Waals surface area contributed by atoms with Crippen LogP contribution in [0.1, 0.15) is 17.0 Å². The molecule has 31 heavy (non-hydrogen) atoms. The van der Waals surface area contributed by atoms with Crippen molar-refractivity contribution in [2.24, 2.45) is 0 Å². The second kappa shape index (κ2) is 9.09. The second-order valence-electron chi connectivity index (χ2n) is 7.93. The van der Waals surface area contributed by atoms with Gasteiger partial charge in [-0.05, 0) is 45.2 Å². The Bertz CT molecular complexity index is 1070. The average Bonchev–Trinajstić information content (AvgIpc) is 3.10. The molecule has 7 nitrogen and oxygen atoms in total. The Morgan fingerprint density at radius 2 is 1.74 bits per heavy atom. The predicted octanol–water partition coefficient (Wildman–Crippen LogP) is 3.34. The van der Waals surface area contributed by atoms with Crippen molar-refractivity contribution in [2.75, 3.05) is 37.3 Å². The molecule has 8 heteroatoms. The summed E-state index contributed by atoms with van der Waals surface area (Å²) in [5, 5.41) is 5.19. The maximum Gasteiger partial charge on any atom is 0.244 e. The van der Waals surface area contributed by atoms with E-state index in [4.69, 9.17) is 0 Å². The number of aromatic nitrogens is 4. The maximum absolute atomic E-state index is 12.8. The number of thioether (sulfide) groups is 1. The van der Waals surface area contributed by atoms with Gasteiger partial charge in [0.25, 0.3) is 0 Å². The molecular formula is C23H28N6OS. The quantitative estimate of drug-likeness (QED) is 0.451. The molecule has 2 aromatic heterocycles. The summed E-state index contributed by atoms with van der Waals surface area (Å²) >= 11 is 1.54. The topological polar surface area (TPSA) is 67.2 Å². The van der Waals surface area contributed by atoms with Gasteiger partial charge >= 0.3 is 0 Å². The molecular weight excluding hydrogens is 408 g/mol. The highest BCUT2D eigenvalue weighted by Crippen LogP contribution is 2.32. The van der Waals surface area contributed by atoms with Gasteiger partial charge in [0.2, 0.25) is 5.91 Å². The van der Waals surface area contributed by atoms with E-state index < -0.39 is 0 Å². The predicted molar refractivity (Wildman–Crippen MR) is 124 cm³/mol. The first-order chi connectivity index (χ1) is 14.9. The summed E-state index contributed by atoms with van der Waals surface area (Å²) in [6.45, 7) is 9.33. The molecule has 1 aliphatic heterocycles. The third kappa shape index (κ3) is 4.74. The molecule has 1 aliphatic rings. The van der Waals surface area contributed by atoms with Gasteiger partial charge in [0.1, 0.15) is 6.54 Å². The highest BCUT2D eigenvalue weighted by molar-refractivity contribution is 7.98. The molecule has 1 saturated heterocycles. The fraction of sp³-hybridized carbons (Fsp3) is 0.391. The smallest absolute Gasteiger partial charge is 0.244 e. The van der Waals surface area contributed by atoms with Gasteiger partial charge in [0, 0.05) is 61.1 Å². The van der Waals surface area contributed by atoms with Crippen molar-refractivity contribution < 1.29 is 4.79 Å². The molecule has 0 bridgehead atoms. The number of aryl methyl sites for hydroxylation is 3. The van der Waals surface area contributed by atoms with E-state index in [0.29, 0.717) is 19.6 Å². The molecule has 162 valence electrons. The molecule has 1 fully saturated rings. The standard InChI is InChI=1S/C23H28N6OS/c1-16-5-6-21(20(11-16)19-13-24-23(31-4)25-14-19)27-7-9-28(10-8-27)22(30)15-29-18(3)12-17(2)26-29/h5-6,11-14H,7-10,15H2,1-4H3. The van der Waals surface area contributed by atoms with E-state index in [1.165, 1.54) is 17.3 Å². The van der Waals surface area contributed by atoms with Crippen LogP contribution in [0, 0.1) is 20.8 Å². The van der Waals surface area contributed by atoms with Crippen molar-refractivity contribution in [3.05, 3.63) is 53.6 Å². The average molecular weight is 437 g/mol. The molecule has 3 heterocycles. The van der Waals surface area contributed by atoms with E-state index >= 15 is 0 Å². The zero-order chi connectivity index (χ0) is 22.0. The molecule has 0 saturated carbocycles. The lowest BCUT2D eigenvalue weighted by atomic mass is 10.0. The van der Waals surface area contributed by atoms with E-state index in [-0.39, 0.29) is 5.91 Å². The van der Waals surface area contributed by atoms with Gasteiger partial charge in [-0.15, -0.1) is 0 Å². The van der Waals surface area contributed by atoms with Gasteiger partial charge in [-0.3, -0.25) is 9.48 Å². The van der Waals surface area contributed by atoms with Crippen LogP contribution in [0.25, 0.3) is 11.1 Å². The normalized spacial score (nSPS) is 14.2. The largest absolute Gasteiger partial charge is 0.367 e. The van der Waals surface area contributed by atoms with Crippen LogP contribution in [0.15, 0.2) is 41.8 Å². The zero-order valence-corrected chi connectivity index (χ0v) is 19.3. The summed E-state index contributed by atoms with van der Waals surface area (Å²) in [6.07, 6.45) is 5.76. The Morgan fingerprint density at radius 3 is 2.35 bits per heavy atom. The van der Waals surface area contributed by atoms with Gasteiger partial charge in [0.05, 0.1) is 5.69 Å². The van der Waals surface area contributed by atoms with Crippen LogP contribution in [-0.2, 0) is 11.3 Å². The van der Waals surface area contributed by atoms with Crippen LogP contribution in [0.4, 0.5) is 5.69 Å². The van der Waals surface area contributed by atoms with Gasteiger partial charge in [-0.1, -0.05) is 23.4 Å². The Kier molecular flexibility index (Phi) is 6.27. The summed E-state index contributed by atoms with van der Waals surface area (Å²) in [5.41, 5.74) is 6.47. The van der Waals surface area contributed by atoms with Crippen molar-refractivity contribution in [3.63, 3.8) is 0 Å². The first-order valence-electron chi connectivity index (χ1n) is 10.5. The first kappa shape index (κ1) is 21.4. The highest BCUT2D eigenvalue weighted by Gasteiger charge is 2.24. The third-order valence-electron chi connectivity index (χ3n) is 5.64. The summed E-state index contributed by atoms with van der Waals surface area (Å²) < 4.78 is 1.79. The van der Waals surface area contributed by atoms with E-state index in [0.717, 1.165) is 46.4 Å². The Balaban J connectivity index is 1.47. The van der Waals surface area contributed by atoms with Crippen molar-refractivity contribution in [1.29, 1.82) is 0 Å². The number of benzene rings is 1. The van der Waals surface area contributed by atoms with Gasteiger partial charge in [-0.2, -0.15) is 5.10 Å². The molecule has 0 N–H and O–H groups in total.